The second kappa shape index (κ2) is 5.48. The molecule has 1 aromatic heterocycles. The number of Topliss-reactive ketones (excluding diaryl/α,β-unsaturated/α-hetero) is 1. The van der Waals surface area contributed by atoms with Crippen LogP contribution in [0.5, 0.6) is 0 Å². The van der Waals surface area contributed by atoms with Gasteiger partial charge in [0.2, 0.25) is 0 Å². The largest absolute Gasteiger partial charge is 0.294 e. The fourth-order valence-electron chi connectivity index (χ4n) is 1.78. The van der Waals surface area contributed by atoms with Gasteiger partial charge in [-0.1, -0.05) is 22.0 Å². The Kier molecular flexibility index (Phi) is 3.97. The zero-order valence-corrected chi connectivity index (χ0v) is 12.1. The van der Waals surface area contributed by atoms with Crippen molar-refractivity contribution in [3.63, 3.8) is 0 Å². The number of carbonyl (C=O) groups is 1. The fourth-order valence-corrected chi connectivity index (χ4v) is 2.02. The van der Waals surface area contributed by atoms with Gasteiger partial charge in [0, 0.05) is 29.2 Å². The van der Waals surface area contributed by atoms with Crippen LogP contribution >= 0.6 is 15.9 Å². The Labute approximate surface area is 115 Å². The predicted octanol–water partition coefficient (Wildman–Crippen LogP) is 3.40. The average Bonchev–Trinajstić information content (AvgIpc) is 2.80. The van der Waals surface area contributed by atoms with E-state index in [9.17, 15) is 4.79 Å². The minimum Gasteiger partial charge on any atom is -0.294 e. The quantitative estimate of drug-likeness (QED) is 0.812. The van der Waals surface area contributed by atoms with Crippen LogP contribution in [-0.4, -0.2) is 15.6 Å². The third kappa shape index (κ3) is 2.88. The van der Waals surface area contributed by atoms with E-state index in [0.29, 0.717) is 6.42 Å². The molecule has 2 aromatic rings. The van der Waals surface area contributed by atoms with E-state index in [1.54, 1.807) is 6.20 Å². The molecule has 94 valence electrons. The van der Waals surface area contributed by atoms with Crippen LogP contribution in [-0.2, 0) is 13.0 Å². The van der Waals surface area contributed by atoms with Crippen molar-refractivity contribution in [2.45, 2.75) is 26.8 Å². The Morgan fingerprint density at radius 3 is 2.83 bits per heavy atom. The Bertz CT molecular complexity index is 575. The van der Waals surface area contributed by atoms with Crippen LogP contribution in [0, 0.1) is 6.92 Å². The molecule has 1 heterocycles. The maximum Gasteiger partial charge on any atom is 0.167 e. The molecule has 1 aromatic carbocycles. The first-order chi connectivity index (χ1) is 8.60. The minimum atomic E-state index is 0.126. The van der Waals surface area contributed by atoms with E-state index in [1.807, 2.05) is 42.9 Å². The van der Waals surface area contributed by atoms with E-state index in [4.69, 9.17) is 0 Å². The summed E-state index contributed by atoms with van der Waals surface area (Å²) in [4.78, 5) is 12.1. The van der Waals surface area contributed by atoms with Gasteiger partial charge in [-0.15, -0.1) is 0 Å². The second-order valence-electron chi connectivity index (χ2n) is 4.27. The third-order valence-electron chi connectivity index (χ3n) is 2.86. The molecule has 0 bridgehead atoms. The van der Waals surface area contributed by atoms with Crippen LogP contribution in [0.25, 0.3) is 0 Å². The molecule has 0 saturated carbocycles. The lowest BCUT2D eigenvalue weighted by Crippen LogP contribution is -2.03. The number of hydrogen-bond donors (Lipinski definition) is 0. The van der Waals surface area contributed by atoms with Gasteiger partial charge in [0.1, 0.15) is 0 Å². The van der Waals surface area contributed by atoms with Crippen molar-refractivity contribution in [1.29, 1.82) is 0 Å². The molecule has 3 nitrogen and oxygen atoms in total. The van der Waals surface area contributed by atoms with E-state index < -0.39 is 0 Å². The van der Waals surface area contributed by atoms with E-state index in [-0.39, 0.29) is 5.78 Å². The summed E-state index contributed by atoms with van der Waals surface area (Å²) in [6, 6.07) is 5.68. The highest BCUT2D eigenvalue weighted by Gasteiger charge is 2.09. The number of benzene rings is 1. The third-order valence-corrected chi connectivity index (χ3v) is 3.75. The lowest BCUT2D eigenvalue weighted by Gasteiger charge is -2.02. The summed E-state index contributed by atoms with van der Waals surface area (Å²) in [5, 5.41) is 4.17. The van der Waals surface area contributed by atoms with Gasteiger partial charge < -0.3 is 0 Å². The predicted molar refractivity (Wildman–Crippen MR) is 74.8 cm³/mol. The molecule has 0 aliphatic carbocycles. The number of rotatable bonds is 4. The average molecular weight is 307 g/mol. The van der Waals surface area contributed by atoms with Gasteiger partial charge in [-0.3, -0.25) is 9.48 Å². The number of ketones is 1. The molecule has 0 spiro atoms. The standard InChI is InChI=1S/C14H15BrN2O/c1-3-17-9-11(8-16-17)7-14(18)12-4-5-13(15)10(2)6-12/h4-6,8-9H,3,7H2,1-2H3. The maximum absolute atomic E-state index is 12.1. The molecule has 0 fully saturated rings. The van der Waals surface area contributed by atoms with Gasteiger partial charge in [0.15, 0.2) is 5.78 Å². The first kappa shape index (κ1) is 13.0. The van der Waals surface area contributed by atoms with Crippen LogP contribution in [0.1, 0.15) is 28.4 Å². The van der Waals surface area contributed by atoms with Crippen LogP contribution in [0.2, 0.25) is 0 Å². The number of hydrogen-bond acceptors (Lipinski definition) is 2. The first-order valence-electron chi connectivity index (χ1n) is 5.91. The normalized spacial score (nSPS) is 10.6. The van der Waals surface area contributed by atoms with E-state index in [0.717, 1.165) is 27.7 Å². The highest BCUT2D eigenvalue weighted by molar-refractivity contribution is 9.10. The topological polar surface area (TPSA) is 34.9 Å². The molecule has 2 rings (SSSR count). The van der Waals surface area contributed by atoms with Gasteiger partial charge >= 0.3 is 0 Å². The molecule has 0 aliphatic rings. The summed E-state index contributed by atoms with van der Waals surface area (Å²) in [5.41, 5.74) is 2.78. The van der Waals surface area contributed by atoms with E-state index in [1.165, 1.54) is 0 Å². The number of carbonyl (C=O) groups excluding carboxylic acids is 1. The van der Waals surface area contributed by atoms with E-state index >= 15 is 0 Å². The van der Waals surface area contributed by atoms with Crippen molar-refractivity contribution in [3.8, 4) is 0 Å². The molecule has 0 radical (unpaired) electrons. The Morgan fingerprint density at radius 2 is 2.22 bits per heavy atom. The lowest BCUT2D eigenvalue weighted by atomic mass is 10.0. The summed E-state index contributed by atoms with van der Waals surface area (Å²) >= 11 is 3.43. The molecule has 4 heteroatoms. The smallest absolute Gasteiger partial charge is 0.167 e. The lowest BCUT2D eigenvalue weighted by molar-refractivity contribution is 0.0993. The van der Waals surface area contributed by atoms with Crippen LogP contribution < -0.4 is 0 Å². The Hall–Kier alpha value is -1.42. The highest BCUT2D eigenvalue weighted by atomic mass is 79.9. The van der Waals surface area contributed by atoms with Gasteiger partial charge in [-0.25, -0.2) is 0 Å². The summed E-state index contributed by atoms with van der Waals surface area (Å²) in [6.45, 7) is 4.83. The molecule has 0 N–H and O–H groups in total. The van der Waals surface area contributed by atoms with Gasteiger partial charge in [0.05, 0.1) is 6.20 Å². The number of halogens is 1. The molecule has 0 unspecified atom stereocenters. The fraction of sp³-hybridized carbons (Fsp3) is 0.286. The van der Waals surface area contributed by atoms with Crippen molar-refractivity contribution in [2.75, 3.05) is 0 Å². The van der Waals surface area contributed by atoms with Gasteiger partial charge in [0.25, 0.3) is 0 Å². The van der Waals surface area contributed by atoms with Gasteiger partial charge in [-0.05, 0) is 37.1 Å². The molecule has 0 aliphatic heterocycles. The number of aromatic nitrogens is 2. The van der Waals surface area contributed by atoms with Crippen LogP contribution in [0.4, 0.5) is 0 Å². The maximum atomic E-state index is 12.1. The second-order valence-corrected chi connectivity index (χ2v) is 5.12. The molecule has 0 saturated heterocycles. The van der Waals surface area contributed by atoms with Crippen molar-refractivity contribution >= 4 is 21.7 Å². The van der Waals surface area contributed by atoms with Crippen LogP contribution in [0.15, 0.2) is 35.1 Å². The van der Waals surface area contributed by atoms with Crippen molar-refractivity contribution in [1.82, 2.24) is 9.78 Å². The van der Waals surface area contributed by atoms with Crippen LogP contribution in [0.3, 0.4) is 0 Å². The highest BCUT2D eigenvalue weighted by Crippen LogP contribution is 2.18. The Morgan fingerprint density at radius 1 is 1.44 bits per heavy atom. The zero-order valence-electron chi connectivity index (χ0n) is 10.5. The molecule has 0 atom stereocenters. The number of aryl methyl sites for hydroxylation is 2. The van der Waals surface area contributed by atoms with Crippen molar-refractivity contribution in [2.24, 2.45) is 0 Å². The first-order valence-corrected chi connectivity index (χ1v) is 6.70. The summed E-state index contributed by atoms with van der Waals surface area (Å²) in [7, 11) is 0. The molecular formula is C14H15BrN2O. The monoisotopic (exact) mass is 306 g/mol. The molecular weight excluding hydrogens is 292 g/mol. The summed E-state index contributed by atoms with van der Waals surface area (Å²) in [6.07, 6.45) is 4.08. The zero-order chi connectivity index (χ0) is 13.1. The summed E-state index contributed by atoms with van der Waals surface area (Å²) < 4.78 is 2.85. The van der Waals surface area contributed by atoms with Gasteiger partial charge in [-0.2, -0.15) is 5.10 Å². The SMILES string of the molecule is CCn1cc(CC(=O)c2ccc(Br)c(C)c2)cn1. The summed E-state index contributed by atoms with van der Waals surface area (Å²) in [5.74, 6) is 0.126. The van der Waals surface area contributed by atoms with Crippen molar-refractivity contribution < 1.29 is 4.79 Å². The Balaban J connectivity index is 2.14. The van der Waals surface area contributed by atoms with E-state index in [2.05, 4.69) is 21.0 Å². The minimum absolute atomic E-state index is 0.126. The molecule has 18 heavy (non-hydrogen) atoms. The molecule has 0 amide bonds. The van der Waals surface area contributed by atoms with Crippen molar-refractivity contribution in [3.05, 3.63) is 51.8 Å². The number of nitrogens with zero attached hydrogens (tertiary/aromatic N) is 2.